The van der Waals surface area contributed by atoms with Crippen LogP contribution in [0, 0.1) is 0 Å². The zero-order valence-electron chi connectivity index (χ0n) is 13.6. The summed E-state index contributed by atoms with van der Waals surface area (Å²) >= 11 is 0. The van der Waals surface area contributed by atoms with E-state index in [1.165, 1.54) is 6.92 Å². The first-order chi connectivity index (χ1) is 10.9. The molecular weight excluding hydrogens is 316 g/mol. The van der Waals surface area contributed by atoms with Crippen LogP contribution in [-0.2, 0) is 26.0 Å². The molecule has 2 heterocycles. The minimum atomic E-state index is -3.34. The first-order valence-corrected chi connectivity index (χ1v) is 9.66. The van der Waals surface area contributed by atoms with E-state index in [1.54, 1.807) is 24.2 Å². The molecule has 23 heavy (non-hydrogen) atoms. The lowest BCUT2D eigenvalue weighted by atomic mass is 10.1. The normalized spacial score (nSPS) is 17.9. The zero-order valence-corrected chi connectivity index (χ0v) is 14.5. The van der Waals surface area contributed by atoms with E-state index in [2.05, 4.69) is 4.98 Å². The maximum Gasteiger partial charge on any atom is 0.240 e. The highest BCUT2D eigenvalue weighted by molar-refractivity contribution is 7.92. The fraction of sp³-hybridized carbons (Fsp3) is 0.625. The van der Waals surface area contributed by atoms with E-state index in [0.29, 0.717) is 19.7 Å². The molecule has 7 heteroatoms. The second-order valence-electron chi connectivity index (χ2n) is 5.79. The minimum Gasteiger partial charge on any atom is -0.373 e. The molecule has 0 unspecified atom stereocenters. The van der Waals surface area contributed by atoms with Gasteiger partial charge in [0.15, 0.2) is 9.84 Å². The van der Waals surface area contributed by atoms with E-state index in [9.17, 15) is 13.2 Å². The number of rotatable bonds is 6. The fourth-order valence-corrected chi connectivity index (χ4v) is 3.56. The maximum atomic E-state index is 12.3. The predicted octanol–water partition coefficient (Wildman–Crippen LogP) is 1.41. The summed E-state index contributed by atoms with van der Waals surface area (Å²) in [4.78, 5) is 18.0. The topological polar surface area (TPSA) is 76.6 Å². The molecule has 0 bridgehead atoms. The van der Waals surface area contributed by atoms with E-state index < -0.39 is 15.1 Å². The number of aromatic nitrogens is 1. The van der Waals surface area contributed by atoms with Crippen molar-refractivity contribution in [2.24, 2.45) is 0 Å². The highest BCUT2D eigenvalue weighted by atomic mass is 32.2. The van der Waals surface area contributed by atoms with Crippen LogP contribution >= 0.6 is 0 Å². The second-order valence-corrected chi connectivity index (χ2v) is 8.40. The van der Waals surface area contributed by atoms with Crippen LogP contribution in [0.1, 0.15) is 32.3 Å². The molecule has 0 radical (unpaired) electrons. The summed E-state index contributed by atoms with van der Waals surface area (Å²) in [5, 5.41) is -0.958. The molecule has 0 spiro atoms. The predicted molar refractivity (Wildman–Crippen MR) is 87.6 cm³/mol. The fourth-order valence-electron chi connectivity index (χ4n) is 2.60. The van der Waals surface area contributed by atoms with Crippen molar-refractivity contribution in [3.05, 3.63) is 30.1 Å². The molecule has 2 rings (SSSR count). The van der Waals surface area contributed by atoms with E-state index in [1.807, 2.05) is 12.1 Å². The van der Waals surface area contributed by atoms with Crippen LogP contribution < -0.4 is 0 Å². The molecule has 0 N–H and O–H groups in total. The number of pyridine rings is 1. The van der Waals surface area contributed by atoms with E-state index >= 15 is 0 Å². The van der Waals surface area contributed by atoms with Crippen molar-refractivity contribution in [2.45, 2.75) is 44.6 Å². The summed E-state index contributed by atoms with van der Waals surface area (Å²) in [5.74, 6) is -0.303. The van der Waals surface area contributed by atoms with Gasteiger partial charge in [0.2, 0.25) is 5.91 Å². The van der Waals surface area contributed by atoms with Crippen molar-refractivity contribution in [3.8, 4) is 0 Å². The van der Waals surface area contributed by atoms with Crippen molar-refractivity contribution >= 4 is 15.7 Å². The number of hydrogen-bond acceptors (Lipinski definition) is 5. The molecular formula is C16H24N2O4S. The Balaban J connectivity index is 1.80. The summed E-state index contributed by atoms with van der Waals surface area (Å²) in [6, 6.07) is 3.83. The Hall–Kier alpha value is -1.47. The average molecular weight is 340 g/mol. The van der Waals surface area contributed by atoms with E-state index in [4.69, 9.17) is 4.74 Å². The molecule has 0 aliphatic carbocycles. The zero-order chi connectivity index (χ0) is 16.9. The molecule has 0 saturated carbocycles. The standard InChI is InChI=1S/C16H24N2O4S/c1-3-23(20,21)13(2)16(19)18-9-6-15(7-10-18)22-12-14-5-4-8-17-11-14/h4-5,8,11,13,15H,3,6-7,9-10,12H2,1-2H3/t13-/m0/s1. The van der Waals surface area contributed by atoms with Gasteiger partial charge in [-0.25, -0.2) is 8.42 Å². The lowest BCUT2D eigenvalue weighted by Crippen LogP contribution is -2.47. The Labute approximate surface area is 137 Å². The van der Waals surface area contributed by atoms with Gasteiger partial charge in [-0.05, 0) is 31.4 Å². The van der Waals surface area contributed by atoms with Gasteiger partial charge in [-0.2, -0.15) is 0 Å². The Kier molecular flexibility index (Phi) is 6.12. The van der Waals surface area contributed by atoms with Gasteiger partial charge >= 0.3 is 0 Å². The number of hydrogen-bond donors (Lipinski definition) is 0. The van der Waals surface area contributed by atoms with Gasteiger partial charge in [0.1, 0.15) is 5.25 Å². The molecule has 6 nitrogen and oxygen atoms in total. The Morgan fingerprint density at radius 3 is 2.70 bits per heavy atom. The van der Waals surface area contributed by atoms with Gasteiger partial charge in [-0.3, -0.25) is 9.78 Å². The second kappa shape index (κ2) is 7.88. The van der Waals surface area contributed by atoms with Crippen LogP contribution in [0.25, 0.3) is 0 Å². The van der Waals surface area contributed by atoms with Crippen LogP contribution in [0.15, 0.2) is 24.5 Å². The largest absolute Gasteiger partial charge is 0.373 e. The minimum absolute atomic E-state index is 0.00933. The van der Waals surface area contributed by atoms with Gasteiger partial charge in [-0.15, -0.1) is 0 Å². The van der Waals surface area contributed by atoms with E-state index in [0.717, 1.165) is 18.4 Å². The molecule has 1 fully saturated rings. The maximum absolute atomic E-state index is 12.3. The molecule has 1 aromatic rings. The smallest absolute Gasteiger partial charge is 0.240 e. The summed E-state index contributed by atoms with van der Waals surface area (Å²) in [6.07, 6.45) is 5.04. The van der Waals surface area contributed by atoms with Crippen molar-refractivity contribution < 1.29 is 17.9 Å². The van der Waals surface area contributed by atoms with Gasteiger partial charge in [0, 0.05) is 31.2 Å². The Morgan fingerprint density at radius 1 is 1.43 bits per heavy atom. The van der Waals surface area contributed by atoms with Crippen LogP contribution in [0.3, 0.4) is 0 Å². The number of ether oxygens (including phenoxy) is 1. The lowest BCUT2D eigenvalue weighted by Gasteiger charge is -2.33. The number of likely N-dealkylation sites (tertiary alicyclic amines) is 1. The molecule has 0 aromatic carbocycles. The third-order valence-corrected chi connectivity index (χ3v) is 6.33. The SMILES string of the molecule is CCS(=O)(=O)[C@@H](C)C(=O)N1CCC(OCc2cccnc2)CC1. The van der Waals surface area contributed by atoms with Gasteiger partial charge in [0.25, 0.3) is 0 Å². The molecule has 128 valence electrons. The highest BCUT2D eigenvalue weighted by Crippen LogP contribution is 2.18. The number of amides is 1. The quantitative estimate of drug-likeness (QED) is 0.782. The molecule has 1 aliphatic rings. The van der Waals surface area contributed by atoms with Gasteiger partial charge in [-0.1, -0.05) is 13.0 Å². The van der Waals surface area contributed by atoms with Gasteiger partial charge < -0.3 is 9.64 Å². The van der Waals surface area contributed by atoms with Crippen molar-refractivity contribution in [2.75, 3.05) is 18.8 Å². The Bertz CT molecular complexity index is 610. The molecule has 1 atom stereocenters. The van der Waals surface area contributed by atoms with Crippen LogP contribution in [0.5, 0.6) is 0 Å². The van der Waals surface area contributed by atoms with Crippen LogP contribution in [0.2, 0.25) is 0 Å². The lowest BCUT2D eigenvalue weighted by molar-refractivity contribution is -0.133. The van der Waals surface area contributed by atoms with Crippen LogP contribution in [-0.4, -0.2) is 54.4 Å². The number of piperidine rings is 1. The van der Waals surface area contributed by atoms with Crippen molar-refractivity contribution in [3.63, 3.8) is 0 Å². The number of sulfone groups is 1. The van der Waals surface area contributed by atoms with Crippen molar-refractivity contribution in [1.82, 2.24) is 9.88 Å². The summed E-state index contributed by atoms with van der Waals surface area (Å²) in [7, 11) is -3.34. The van der Waals surface area contributed by atoms with E-state index in [-0.39, 0.29) is 17.8 Å². The van der Waals surface area contributed by atoms with Crippen molar-refractivity contribution in [1.29, 1.82) is 0 Å². The highest BCUT2D eigenvalue weighted by Gasteiger charge is 2.32. The number of carbonyl (C=O) groups excluding carboxylic acids is 1. The molecule has 1 aromatic heterocycles. The first-order valence-electron chi connectivity index (χ1n) is 7.95. The first kappa shape index (κ1) is 17.9. The Morgan fingerprint density at radius 2 is 2.13 bits per heavy atom. The summed E-state index contributed by atoms with van der Waals surface area (Å²) < 4.78 is 29.5. The summed E-state index contributed by atoms with van der Waals surface area (Å²) in [6.45, 7) is 4.64. The third kappa shape index (κ3) is 4.75. The average Bonchev–Trinajstić information content (AvgIpc) is 2.60. The van der Waals surface area contributed by atoms with Gasteiger partial charge in [0.05, 0.1) is 12.7 Å². The summed E-state index contributed by atoms with van der Waals surface area (Å²) in [5.41, 5.74) is 1.02. The molecule has 1 aliphatic heterocycles. The third-order valence-electron chi connectivity index (χ3n) is 4.25. The number of carbonyl (C=O) groups is 1. The monoisotopic (exact) mass is 340 g/mol. The van der Waals surface area contributed by atoms with Crippen LogP contribution in [0.4, 0.5) is 0 Å². The molecule has 1 amide bonds. The number of nitrogens with zero attached hydrogens (tertiary/aromatic N) is 2. The molecule has 1 saturated heterocycles.